The van der Waals surface area contributed by atoms with Gasteiger partial charge in [0.05, 0.1) is 5.33 Å². The first-order valence-corrected chi connectivity index (χ1v) is 7.66. The van der Waals surface area contributed by atoms with Gasteiger partial charge in [-0.15, -0.1) is 0 Å². The summed E-state index contributed by atoms with van der Waals surface area (Å²) in [6.45, 7) is 2.11. The zero-order valence-electron chi connectivity index (χ0n) is 10.7. The van der Waals surface area contributed by atoms with Crippen molar-refractivity contribution >= 4 is 21.7 Å². The molecule has 2 aliphatic rings. The van der Waals surface area contributed by atoms with Crippen LogP contribution in [0.1, 0.15) is 39.0 Å². The van der Waals surface area contributed by atoms with Crippen molar-refractivity contribution in [3.05, 3.63) is 0 Å². The molecule has 0 bridgehead atoms. The maximum atomic E-state index is 12.1. The third kappa shape index (κ3) is 2.20. The number of fused-ring (bicyclic) bond motifs is 1. The highest BCUT2D eigenvalue weighted by atomic mass is 79.9. The van der Waals surface area contributed by atoms with Crippen LogP contribution in [0.25, 0.3) is 0 Å². The molecule has 2 fully saturated rings. The molecule has 0 amide bonds. The molecule has 4 heteroatoms. The van der Waals surface area contributed by atoms with Gasteiger partial charge < -0.3 is 10.0 Å². The molecule has 1 heterocycles. The van der Waals surface area contributed by atoms with Gasteiger partial charge in [-0.2, -0.15) is 0 Å². The van der Waals surface area contributed by atoms with Crippen LogP contribution in [0.3, 0.4) is 0 Å². The number of nitrogens with zero attached hydrogens (tertiary/aromatic N) is 1. The summed E-state index contributed by atoms with van der Waals surface area (Å²) in [6, 6.07) is 0.655. The first-order chi connectivity index (χ1) is 8.00. The molecule has 0 aromatic heterocycles. The number of hydrogen-bond acceptors (Lipinski definition) is 3. The summed E-state index contributed by atoms with van der Waals surface area (Å²) in [5.41, 5.74) is -1.10. The lowest BCUT2D eigenvalue weighted by Gasteiger charge is -2.53. The van der Waals surface area contributed by atoms with E-state index in [4.69, 9.17) is 0 Å². The Balaban J connectivity index is 2.29. The molecule has 17 heavy (non-hydrogen) atoms. The molecule has 0 radical (unpaired) electrons. The van der Waals surface area contributed by atoms with Gasteiger partial charge in [0.2, 0.25) is 0 Å². The number of carbonyl (C=O) groups is 1. The number of halogens is 1. The molecular weight excluding hydrogens is 282 g/mol. The van der Waals surface area contributed by atoms with Crippen LogP contribution in [0, 0.1) is 5.92 Å². The van der Waals surface area contributed by atoms with Crippen LogP contribution in [-0.2, 0) is 4.79 Å². The number of alkyl halides is 1. The van der Waals surface area contributed by atoms with Gasteiger partial charge in [-0.05, 0) is 33.2 Å². The largest absolute Gasteiger partial charge is 0.382 e. The molecule has 0 aromatic carbocycles. The van der Waals surface area contributed by atoms with Gasteiger partial charge in [-0.3, -0.25) is 4.79 Å². The minimum atomic E-state index is -1.10. The number of hydrogen-bond donors (Lipinski definition) is 1. The molecule has 1 saturated carbocycles. The second kappa shape index (κ2) is 4.98. The van der Waals surface area contributed by atoms with E-state index in [-0.39, 0.29) is 23.1 Å². The normalized spacial score (nSPS) is 43.2. The third-order valence-corrected chi connectivity index (χ3v) is 5.28. The maximum absolute atomic E-state index is 12.1. The first-order valence-electron chi connectivity index (χ1n) is 6.54. The molecular formula is C13H22BrNO2. The smallest absolute Gasteiger partial charge is 0.175 e. The van der Waals surface area contributed by atoms with Crippen LogP contribution in [0.4, 0.5) is 0 Å². The lowest BCUT2D eigenvalue weighted by atomic mass is 9.66. The van der Waals surface area contributed by atoms with E-state index in [1.165, 1.54) is 6.42 Å². The van der Waals surface area contributed by atoms with Crippen molar-refractivity contribution in [3.8, 4) is 0 Å². The predicted molar refractivity (Wildman–Crippen MR) is 71.3 cm³/mol. The number of rotatable bonds is 2. The van der Waals surface area contributed by atoms with Crippen molar-refractivity contribution in [1.29, 1.82) is 0 Å². The van der Waals surface area contributed by atoms with Crippen molar-refractivity contribution in [3.63, 3.8) is 0 Å². The summed E-state index contributed by atoms with van der Waals surface area (Å²) in [6.07, 6.45) is 5.04. The second-order valence-electron chi connectivity index (χ2n) is 5.66. The van der Waals surface area contributed by atoms with Crippen molar-refractivity contribution < 1.29 is 9.90 Å². The standard InChI is InChI=1S/C13H22BrNO2/c1-9-7-13(17,12(16)8-14)10-5-3-4-6-11(10)15(9)2/h9-11,17H,3-8H2,1-2H3. The molecule has 98 valence electrons. The van der Waals surface area contributed by atoms with Gasteiger partial charge in [0.1, 0.15) is 5.60 Å². The van der Waals surface area contributed by atoms with E-state index in [0.29, 0.717) is 12.5 Å². The van der Waals surface area contributed by atoms with Gasteiger partial charge in [-0.25, -0.2) is 0 Å². The van der Waals surface area contributed by atoms with Crippen LogP contribution in [0.2, 0.25) is 0 Å². The summed E-state index contributed by atoms with van der Waals surface area (Å²) >= 11 is 3.21. The Hall–Kier alpha value is 0.0700. The van der Waals surface area contributed by atoms with E-state index < -0.39 is 5.60 Å². The van der Waals surface area contributed by atoms with E-state index in [9.17, 15) is 9.90 Å². The number of carbonyl (C=O) groups excluding carboxylic acids is 1. The van der Waals surface area contributed by atoms with E-state index in [1.54, 1.807) is 0 Å². The summed E-state index contributed by atoms with van der Waals surface area (Å²) in [7, 11) is 2.13. The molecule has 1 aliphatic heterocycles. The quantitative estimate of drug-likeness (QED) is 0.793. The topological polar surface area (TPSA) is 40.5 Å². The summed E-state index contributed by atoms with van der Waals surface area (Å²) in [5, 5.41) is 11.1. The van der Waals surface area contributed by atoms with Gasteiger partial charge in [0.25, 0.3) is 0 Å². The highest BCUT2D eigenvalue weighted by molar-refractivity contribution is 9.09. The molecule has 0 aromatic rings. The molecule has 1 N–H and O–H groups in total. The zero-order valence-corrected chi connectivity index (χ0v) is 12.2. The van der Waals surface area contributed by atoms with Crippen LogP contribution < -0.4 is 0 Å². The second-order valence-corrected chi connectivity index (χ2v) is 6.22. The fourth-order valence-electron chi connectivity index (χ4n) is 3.66. The zero-order chi connectivity index (χ0) is 12.6. The number of Topliss-reactive ketones (excluding diaryl/α,β-unsaturated/α-hetero) is 1. The lowest BCUT2D eigenvalue weighted by molar-refractivity contribution is -0.161. The summed E-state index contributed by atoms with van der Waals surface area (Å²) in [5.74, 6) is 0.0943. The summed E-state index contributed by atoms with van der Waals surface area (Å²) < 4.78 is 0. The average Bonchev–Trinajstić information content (AvgIpc) is 2.35. The Kier molecular flexibility index (Phi) is 3.96. The van der Waals surface area contributed by atoms with E-state index in [2.05, 4.69) is 34.8 Å². The fourth-order valence-corrected chi connectivity index (χ4v) is 4.15. The molecule has 3 nitrogen and oxygen atoms in total. The molecule has 0 spiro atoms. The van der Waals surface area contributed by atoms with Crippen LogP contribution in [0.5, 0.6) is 0 Å². The Morgan fingerprint density at radius 1 is 1.47 bits per heavy atom. The molecule has 4 atom stereocenters. The molecule has 2 rings (SSSR count). The van der Waals surface area contributed by atoms with Crippen molar-refractivity contribution in [2.24, 2.45) is 5.92 Å². The number of aliphatic hydroxyl groups is 1. The highest BCUT2D eigenvalue weighted by Crippen LogP contribution is 2.43. The van der Waals surface area contributed by atoms with Gasteiger partial charge >= 0.3 is 0 Å². The summed E-state index contributed by atoms with van der Waals surface area (Å²) in [4.78, 5) is 14.4. The molecule has 4 unspecified atom stereocenters. The SMILES string of the molecule is CC1CC(O)(C(=O)CBr)C2CCCCC2N1C. The van der Waals surface area contributed by atoms with E-state index in [1.807, 2.05) is 0 Å². The molecule has 1 aliphatic carbocycles. The van der Waals surface area contributed by atoms with Crippen molar-refractivity contribution in [2.75, 3.05) is 12.4 Å². The predicted octanol–water partition coefficient (Wildman–Crippen LogP) is 1.96. The fraction of sp³-hybridized carbons (Fsp3) is 0.923. The Morgan fingerprint density at radius 3 is 2.76 bits per heavy atom. The third-order valence-electron chi connectivity index (χ3n) is 4.77. The van der Waals surface area contributed by atoms with Crippen LogP contribution in [0.15, 0.2) is 0 Å². The number of ketones is 1. The van der Waals surface area contributed by atoms with E-state index in [0.717, 1.165) is 19.3 Å². The Bertz CT molecular complexity index is 310. The van der Waals surface area contributed by atoms with E-state index >= 15 is 0 Å². The van der Waals surface area contributed by atoms with Gasteiger partial charge in [-0.1, -0.05) is 28.8 Å². The Labute approximate surface area is 112 Å². The Morgan fingerprint density at radius 2 is 2.12 bits per heavy atom. The maximum Gasteiger partial charge on any atom is 0.175 e. The average molecular weight is 304 g/mol. The van der Waals surface area contributed by atoms with Crippen LogP contribution >= 0.6 is 15.9 Å². The number of likely N-dealkylation sites (tertiary alicyclic amines) is 1. The van der Waals surface area contributed by atoms with Crippen LogP contribution in [-0.4, -0.2) is 45.9 Å². The highest BCUT2D eigenvalue weighted by Gasteiger charge is 2.53. The minimum Gasteiger partial charge on any atom is -0.382 e. The lowest BCUT2D eigenvalue weighted by Crippen LogP contribution is -2.64. The number of piperidine rings is 1. The van der Waals surface area contributed by atoms with Gasteiger partial charge in [0.15, 0.2) is 5.78 Å². The monoisotopic (exact) mass is 303 g/mol. The van der Waals surface area contributed by atoms with Crippen molar-refractivity contribution in [1.82, 2.24) is 4.90 Å². The van der Waals surface area contributed by atoms with Crippen molar-refractivity contribution in [2.45, 2.75) is 56.7 Å². The molecule has 1 saturated heterocycles. The first kappa shape index (κ1) is 13.5. The minimum absolute atomic E-state index is 0.0330. The van der Waals surface area contributed by atoms with Gasteiger partial charge in [0, 0.05) is 18.0 Å².